The molecule has 6 aromatic rings. The Bertz CT molecular complexity index is 2210. The quantitative estimate of drug-likeness (QED) is 0.0859. The van der Waals surface area contributed by atoms with E-state index in [-0.39, 0.29) is 428 Å². The number of fused-ring (bicyclic) bond motifs is 12. The molecule has 65 heavy (non-hydrogen) atoms. The first-order valence-corrected chi connectivity index (χ1v) is 16.4. The summed E-state index contributed by atoms with van der Waals surface area (Å²) in [5.41, 5.74) is 8.11. The van der Waals surface area contributed by atoms with E-state index in [0.29, 0.717) is 34.1 Å². The van der Waals surface area contributed by atoms with Crippen LogP contribution in [0, 0.1) is 90.5 Å². The van der Waals surface area contributed by atoms with Crippen molar-refractivity contribution in [3.63, 3.8) is 0 Å². The summed E-state index contributed by atoms with van der Waals surface area (Å²) in [6.07, 6.45) is 0. The van der Waals surface area contributed by atoms with Crippen LogP contribution in [-0.2, 0) is 83.9 Å². The minimum absolute atomic E-state index is 0. The van der Waals surface area contributed by atoms with Gasteiger partial charge in [-0.15, -0.1) is 18.2 Å². The van der Waals surface area contributed by atoms with Crippen LogP contribution < -0.4 is 318 Å². The van der Waals surface area contributed by atoms with Crippen LogP contribution in [0.5, 0.6) is 23.0 Å². The van der Waals surface area contributed by atoms with Gasteiger partial charge in [-0.05, 0) is 36.2 Å². The van der Waals surface area contributed by atoms with Gasteiger partial charge in [-0.1, -0.05) is 86.0 Å². The molecule has 10 rings (SSSR count). The van der Waals surface area contributed by atoms with Gasteiger partial charge in [0.25, 0.3) is 0 Å². The predicted molar refractivity (Wildman–Crippen MR) is 223 cm³/mol. The predicted octanol–water partition coefficient (Wildman–Crippen LogP) is -6.14. The summed E-state index contributed by atoms with van der Waals surface area (Å²) in [5, 5.41) is 0. The fourth-order valence-corrected chi connectivity index (χ4v) is 7.53. The summed E-state index contributed by atoms with van der Waals surface area (Å²) in [5.74, 6) is 1.85. The smallest absolute Gasteiger partial charge is 0.508 e. The van der Waals surface area contributed by atoms with Crippen molar-refractivity contribution in [1.82, 2.24) is 0 Å². The summed E-state index contributed by atoms with van der Waals surface area (Å²) in [7, 11) is 0. The van der Waals surface area contributed by atoms with Gasteiger partial charge < -0.3 is 63.5 Å². The molecule has 4 aliphatic heterocycles. The zero-order chi connectivity index (χ0) is 34.4. The Morgan fingerprint density at radius 1 is 0.400 bits per heavy atom. The molecule has 6 nitrogen and oxygen atoms in total. The van der Waals surface area contributed by atoms with Crippen molar-refractivity contribution < 1.29 is 400 Å². The topological polar surface area (TPSA) is 71.1 Å². The first-order valence-electron chi connectivity index (χ1n) is 16.4. The maximum absolute atomic E-state index is 12.6. The molecule has 0 bridgehead atoms. The largest absolute Gasteiger partial charge is 1.00 e. The Hall–Kier alpha value is 5.74. The van der Waals surface area contributed by atoms with Crippen LogP contribution in [-0.4, -0.2) is 11.9 Å². The molecule has 0 saturated heterocycles. The van der Waals surface area contributed by atoms with Crippen molar-refractivity contribution in [3.05, 3.63) is 233 Å². The number of aryl methyl sites for hydroxylation is 4. The van der Waals surface area contributed by atoms with E-state index in [1.54, 1.807) is 6.07 Å². The molecule has 4 heterocycles. The van der Waals surface area contributed by atoms with Gasteiger partial charge in [0.05, 0.1) is 11.1 Å². The van der Waals surface area contributed by atoms with Crippen LogP contribution in [0.1, 0.15) is 76.4 Å². The summed E-state index contributed by atoms with van der Waals surface area (Å²) in [4.78, 5) is 25.2. The summed E-state index contributed by atoms with van der Waals surface area (Å²) in [6.45, 7) is 7.90. The van der Waals surface area contributed by atoms with Crippen molar-refractivity contribution >= 4 is 11.9 Å². The SMILES string of the molecule is Cc1[c-]c2c(cc1)C1(OC(=O)c3ccccc31)c1ccc(C)[c-]c1O2.Cc1[c-]c2c(cc1)C1(OC(=O)c3ccccc31)c1ccc(C)cc1O2.[CH3-].[CH3-].[CH3-].[CH3-].[CH3-].[CH3-].[K+].[K+].[K+].[K+].[K+].[K+].[W].[W].[W]. The van der Waals surface area contributed by atoms with E-state index in [0.717, 1.165) is 55.6 Å². The maximum Gasteiger partial charge on any atom is 1.00 e. The standard InChI is InChI=1S/C22H15O3.C22H14O3.6CH3.6K.3W/c2*1-13-7-9-17-19(11-13)24-20-12-14(2)8-10-18(20)22(17)16-6-4-3-5-15(16)21(23)25-22;;;;;;;;;;;;;;;/h3-11H,1-2H3;3-10H,1-2H3;6*1H3;;;;;;;;;/q-1;-2;6*-1;6*+1;;;. The van der Waals surface area contributed by atoms with Crippen LogP contribution in [0.25, 0.3) is 0 Å². The fourth-order valence-electron chi connectivity index (χ4n) is 7.53. The third-order valence-electron chi connectivity index (χ3n) is 9.78. The number of esters is 2. The van der Waals surface area contributed by atoms with E-state index in [2.05, 4.69) is 18.2 Å². The minimum atomic E-state index is -1.01. The van der Waals surface area contributed by atoms with Gasteiger partial charge in [0.2, 0.25) is 0 Å². The normalized spacial score (nSPS) is 13.7. The van der Waals surface area contributed by atoms with E-state index in [9.17, 15) is 9.59 Å². The van der Waals surface area contributed by atoms with Crippen molar-refractivity contribution in [2.75, 3.05) is 0 Å². The monoisotopic (exact) mass is 1530 g/mol. The molecule has 0 saturated carbocycles. The van der Waals surface area contributed by atoms with Crippen molar-refractivity contribution in [2.45, 2.75) is 38.9 Å². The molecule has 4 aliphatic rings. The molecule has 6 aromatic carbocycles. The summed E-state index contributed by atoms with van der Waals surface area (Å²) in [6, 6.07) is 42.6. The average molecular weight is 1530 g/mol. The zero-order valence-electron chi connectivity index (χ0n) is 41.0. The zero-order valence-corrected chi connectivity index (χ0v) is 68.5. The molecule has 2 spiro atoms. The second kappa shape index (κ2) is 36.0. The fraction of sp³-hybridized carbons (Fsp3) is 0.120. The first-order chi connectivity index (χ1) is 24.2. The summed E-state index contributed by atoms with van der Waals surface area (Å²) < 4.78 is 24.3. The van der Waals surface area contributed by atoms with Crippen LogP contribution in [0.3, 0.4) is 0 Å². The summed E-state index contributed by atoms with van der Waals surface area (Å²) >= 11 is 0. The van der Waals surface area contributed by atoms with Gasteiger partial charge in [-0.25, -0.2) is 9.59 Å². The number of carbonyl (C=O) groups is 2. The second-order valence-corrected chi connectivity index (χ2v) is 13.1. The van der Waals surface area contributed by atoms with Gasteiger partial charge in [0, 0.05) is 91.6 Å². The van der Waals surface area contributed by atoms with Gasteiger partial charge in [0.1, 0.15) is 11.4 Å². The molecular formula is C50H47K6O6W3-3. The number of benzene rings is 6. The van der Waals surface area contributed by atoms with Gasteiger partial charge in [-0.3, -0.25) is 0 Å². The molecule has 15 heteroatoms. The third kappa shape index (κ3) is 15.9. The van der Waals surface area contributed by atoms with Crippen LogP contribution >= 0.6 is 0 Å². The molecule has 0 aliphatic carbocycles. The Labute approximate surface area is 688 Å². The van der Waals surface area contributed by atoms with E-state index < -0.39 is 11.2 Å². The van der Waals surface area contributed by atoms with Crippen LogP contribution in [0.2, 0.25) is 0 Å². The molecule has 0 N–H and O–H groups in total. The Balaban J connectivity index is -0.000000168. The number of ether oxygens (including phenoxy) is 4. The Morgan fingerprint density at radius 3 is 1.11 bits per heavy atom. The van der Waals surface area contributed by atoms with Gasteiger partial charge >= 0.3 is 320 Å². The molecule has 0 amide bonds. The number of carbonyl (C=O) groups excluding carboxylic acids is 2. The van der Waals surface area contributed by atoms with Crippen molar-refractivity contribution in [1.29, 1.82) is 0 Å². The molecule has 0 aromatic heterocycles. The van der Waals surface area contributed by atoms with Crippen molar-refractivity contribution in [3.8, 4) is 23.0 Å². The minimum Gasteiger partial charge on any atom is -0.508 e. The third-order valence-corrected chi connectivity index (χ3v) is 9.78. The number of rotatable bonds is 0. The van der Waals surface area contributed by atoms with Crippen LogP contribution in [0.4, 0.5) is 0 Å². The Morgan fingerprint density at radius 2 is 0.723 bits per heavy atom. The van der Waals surface area contributed by atoms with Gasteiger partial charge in [-0.2, -0.15) is 53.1 Å². The van der Waals surface area contributed by atoms with Crippen LogP contribution in [0.15, 0.2) is 103 Å². The average Bonchev–Trinajstić information content (AvgIpc) is 3.56. The molecule has 0 fully saturated rings. The van der Waals surface area contributed by atoms with E-state index in [4.69, 9.17) is 18.9 Å². The Kier molecular flexibility index (Phi) is 46.8. The van der Waals surface area contributed by atoms with Crippen molar-refractivity contribution in [2.24, 2.45) is 0 Å². The number of hydrogen-bond acceptors (Lipinski definition) is 6. The molecular weight excluding hydrogens is 1480 g/mol. The maximum atomic E-state index is 12.6. The molecule has 0 radical (unpaired) electrons. The molecule has 1 unspecified atom stereocenters. The van der Waals surface area contributed by atoms with E-state index in [1.807, 2.05) is 125 Å². The number of hydrogen-bond donors (Lipinski definition) is 0. The first kappa shape index (κ1) is 84.7. The molecule has 1 atom stereocenters. The molecule has 310 valence electrons. The van der Waals surface area contributed by atoms with Gasteiger partial charge in [0.15, 0.2) is 5.60 Å². The van der Waals surface area contributed by atoms with E-state index in [1.165, 1.54) is 0 Å². The second-order valence-electron chi connectivity index (χ2n) is 13.1. The van der Waals surface area contributed by atoms with E-state index >= 15 is 0 Å².